The molecule has 0 aliphatic rings. The van der Waals surface area contributed by atoms with Crippen molar-refractivity contribution in [2.45, 2.75) is 19.9 Å². The van der Waals surface area contributed by atoms with Crippen LogP contribution in [0.2, 0.25) is 0 Å². The number of hydrogen-bond donors (Lipinski definition) is 0. The summed E-state index contributed by atoms with van der Waals surface area (Å²) >= 11 is 0. The number of nitrogens with zero attached hydrogens (tertiary/aromatic N) is 1. The van der Waals surface area contributed by atoms with E-state index in [0.717, 1.165) is 12.0 Å². The van der Waals surface area contributed by atoms with Gasteiger partial charge >= 0.3 is 0 Å². The number of ether oxygens (including phenoxy) is 1. The molecule has 0 heterocycles. The van der Waals surface area contributed by atoms with Gasteiger partial charge in [-0.05, 0) is 51.2 Å². The smallest absolute Gasteiger partial charge is 0.140 e. The number of aldehydes is 1. The monoisotopic (exact) mass is 247 g/mol. The molecule has 98 valence electrons. The average molecular weight is 247 g/mol. The van der Waals surface area contributed by atoms with E-state index >= 15 is 0 Å². The van der Waals surface area contributed by atoms with Crippen LogP contribution in [0.4, 0.5) is 0 Å². The highest BCUT2D eigenvalue weighted by Crippen LogP contribution is 2.18. The molecule has 0 bridgehead atoms. The molecule has 0 aliphatic heterocycles. The quantitative estimate of drug-likeness (QED) is 0.724. The molecular weight excluding hydrogens is 226 g/mol. The fraction of sp³-hybridized carbons (Fsp3) is 0.400. The predicted octanol–water partition coefficient (Wildman–Crippen LogP) is 2.62. The summed E-state index contributed by atoms with van der Waals surface area (Å²) in [6, 6.07) is 7.70. The van der Waals surface area contributed by atoms with Crippen LogP contribution in [0.5, 0.6) is 5.75 Å². The maximum absolute atomic E-state index is 10.8. The maximum atomic E-state index is 10.8. The summed E-state index contributed by atoms with van der Waals surface area (Å²) in [6.07, 6.45) is 2.97. The first-order valence-corrected chi connectivity index (χ1v) is 6.06. The van der Waals surface area contributed by atoms with Crippen molar-refractivity contribution in [1.82, 2.24) is 4.90 Å². The normalized spacial score (nSPS) is 13.5. The van der Waals surface area contributed by atoms with Crippen molar-refractivity contribution in [1.29, 1.82) is 0 Å². The van der Waals surface area contributed by atoms with Crippen LogP contribution in [-0.4, -0.2) is 37.9 Å². The van der Waals surface area contributed by atoms with Crippen molar-refractivity contribution in [3.63, 3.8) is 0 Å². The van der Waals surface area contributed by atoms with Gasteiger partial charge in [0.05, 0.1) is 6.04 Å². The number of hydrogen-bond acceptors (Lipinski definition) is 3. The second-order valence-electron chi connectivity index (χ2n) is 4.47. The Kier molecular flexibility index (Phi) is 5.59. The molecule has 1 aromatic carbocycles. The Balaban J connectivity index is 2.61. The lowest BCUT2D eigenvalue weighted by Crippen LogP contribution is -2.34. The Hall–Kier alpha value is -1.61. The van der Waals surface area contributed by atoms with Crippen molar-refractivity contribution in [2.24, 2.45) is 0 Å². The van der Waals surface area contributed by atoms with Gasteiger partial charge in [0.25, 0.3) is 0 Å². The minimum Gasteiger partial charge on any atom is -0.491 e. The molecule has 3 nitrogen and oxygen atoms in total. The first-order chi connectivity index (χ1) is 8.58. The number of carbonyl (C=O) groups is 1. The van der Waals surface area contributed by atoms with Gasteiger partial charge in [0.1, 0.15) is 18.6 Å². The standard InChI is InChI=1S/C15H21NO2/c1-5-12(2)13-6-8-15(9-7-13)18-11-14(10-17)16(3)4/h5-10,14H,11H2,1-4H3. The van der Waals surface area contributed by atoms with E-state index in [0.29, 0.717) is 6.61 Å². The second-order valence-corrected chi connectivity index (χ2v) is 4.47. The number of carbonyl (C=O) groups excluding carboxylic acids is 1. The average Bonchev–Trinajstić information content (AvgIpc) is 2.39. The molecule has 0 aromatic heterocycles. The van der Waals surface area contributed by atoms with Crippen molar-refractivity contribution in [3.05, 3.63) is 35.9 Å². The second kappa shape index (κ2) is 6.97. The Labute approximate surface area is 109 Å². The molecule has 1 unspecified atom stereocenters. The first-order valence-electron chi connectivity index (χ1n) is 6.06. The van der Waals surface area contributed by atoms with Crippen molar-refractivity contribution in [2.75, 3.05) is 20.7 Å². The highest BCUT2D eigenvalue weighted by atomic mass is 16.5. The molecule has 0 saturated carbocycles. The summed E-state index contributed by atoms with van der Waals surface area (Å²) in [6.45, 7) is 4.47. The maximum Gasteiger partial charge on any atom is 0.140 e. The van der Waals surface area contributed by atoms with Crippen LogP contribution in [0.3, 0.4) is 0 Å². The Morgan fingerprint density at radius 2 is 1.94 bits per heavy atom. The number of allylic oxidation sites excluding steroid dienone is 2. The molecule has 0 N–H and O–H groups in total. The summed E-state index contributed by atoms with van der Waals surface area (Å²) in [5.74, 6) is 0.788. The zero-order valence-corrected chi connectivity index (χ0v) is 11.5. The highest BCUT2D eigenvalue weighted by molar-refractivity contribution is 5.63. The van der Waals surface area contributed by atoms with E-state index in [1.54, 1.807) is 0 Å². The van der Waals surface area contributed by atoms with E-state index in [4.69, 9.17) is 4.74 Å². The van der Waals surface area contributed by atoms with Gasteiger partial charge in [-0.25, -0.2) is 0 Å². The van der Waals surface area contributed by atoms with Crippen LogP contribution in [0.15, 0.2) is 30.3 Å². The van der Waals surface area contributed by atoms with E-state index in [-0.39, 0.29) is 6.04 Å². The summed E-state index contributed by atoms with van der Waals surface area (Å²) in [4.78, 5) is 12.7. The van der Waals surface area contributed by atoms with Gasteiger partial charge < -0.3 is 9.53 Å². The Bertz CT molecular complexity index is 407. The zero-order chi connectivity index (χ0) is 13.5. The minimum atomic E-state index is -0.207. The van der Waals surface area contributed by atoms with E-state index in [2.05, 4.69) is 13.0 Å². The summed E-state index contributed by atoms with van der Waals surface area (Å²) in [5.41, 5.74) is 2.42. The zero-order valence-electron chi connectivity index (χ0n) is 11.5. The number of rotatable bonds is 6. The van der Waals surface area contributed by atoms with Crippen molar-refractivity contribution in [3.8, 4) is 5.75 Å². The molecule has 0 aliphatic carbocycles. The minimum absolute atomic E-state index is 0.207. The molecule has 0 amide bonds. The molecule has 1 atom stereocenters. The molecule has 0 fully saturated rings. The summed E-state index contributed by atoms with van der Waals surface area (Å²) in [7, 11) is 3.72. The van der Waals surface area contributed by atoms with E-state index in [1.165, 1.54) is 11.1 Å². The topological polar surface area (TPSA) is 29.5 Å². The van der Waals surface area contributed by atoms with Crippen LogP contribution in [0, 0.1) is 0 Å². The van der Waals surface area contributed by atoms with E-state index < -0.39 is 0 Å². The lowest BCUT2D eigenvalue weighted by molar-refractivity contribution is -0.112. The molecule has 1 aromatic rings. The predicted molar refractivity (Wildman–Crippen MR) is 74.8 cm³/mol. The fourth-order valence-electron chi connectivity index (χ4n) is 1.47. The van der Waals surface area contributed by atoms with Gasteiger partial charge in [0.15, 0.2) is 0 Å². The lowest BCUT2D eigenvalue weighted by Gasteiger charge is -2.18. The third kappa shape index (κ3) is 4.00. The van der Waals surface area contributed by atoms with Gasteiger partial charge in [-0.3, -0.25) is 4.90 Å². The fourth-order valence-corrected chi connectivity index (χ4v) is 1.47. The van der Waals surface area contributed by atoms with E-state index in [1.807, 2.05) is 50.2 Å². The third-order valence-corrected chi connectivity index (χ3v) is 2.98. The SMILES string of the molecule is CC=C(C)c1ccc(OCC(C=O)N(C)C)cc1. The Morgan fingerprint density at radius 1 is 1.33 bits per heavy atom. The van der Waals surface area contributed by atoms with Crippen LogP contribution < -0.4 is 4.74 Å². The molecule has 1 rings (SSSR count). The molecule has 3 heteroatoms. The van der Waals surface area contributed by atoms with Crippen LogP contribution in [0.25, 0.3) is 5.57 Å². The van der Waals surface area contributed by atoms with E-state index in [9.17, 15) is 4.79 Å². The summed E-state index contributed by atoms with van der Waals surface area (Å²) in [5, 5.41) is 0. The van der Waals surface area contributed by atoms with Gasteiger partial charge in [-0.15, -0.1) is 0 Å². The van der Waals surface area contributed by atoms with Crippen molar-refractivity contribution >= 4 is 11.9 Å². The van der Waals surface area contributed by atoms with Crippen LogP contribution >= 0.6 is 0 Å². The summed E-state index contributed by atoms with van der Waals surface area (Å²) < 4.78 is 5.60. The highest BCUT2D eigenvalue weighted by Gasteiger charge is 2.10. The van der Waals surface area contributed by atoms with Gasteiger partial charge in [-0.2, -0.15) is 0 Å². The Morgan fingerprint density at radius 3 is 2.39 bits per heavy atom. The number of likely N-dealkylation sites (N-methyl/N-ethyl adjacent to an activating group) is 1. The van der Waals surface area contributed by atoms with Gasteiger partial charge in [0, 0.05) is 0 Å². The van der Waals surface area contributed by atoms with Crippen LogP contribution in [0.1, 0.15) is 19.4 Å². The first kappa shape index (κ1) is 14.5. The largest absolute Gasteiger partial charge is 0.491 e. The molecule has 0 spiro atoms. The van der Waals surface area contributed by atoms with Crippen molar-refractivity contribution < 1.29 is 9.53 Å². The molecule has 18 heavy (non-hydrogen) atoms. The third-order valence-electron chi connectivity index (χ3n) is 2.98. The van der Waals surface area contributed by atoms with Gasteiger partial charge in [-0.1, -0.05) is 18.2 Å². The molecule has 0 saturated heterocycles. The van der Waals surface area contributed by atoms with Gasteiger partial charge in [0.2, 0.25) is 0 Å². The molecular formula is C15H21NO2. The molecule has 0 radical (unpaired) electrons. The van der Waals surface area contributed by atoms with Crippen LogP contribution in [-0.2, 0) is 4.79 Å². The number of benzene rings is 1. The lowest BCUT2D eigenvalue weighted by atomic mass is 10.1.